The van der Waals surface area contributed by atoms with Gasteiger partial charge in [-0.1, -0.05) is 99.1 Å². The number of hydrogen-bond donors (Lipinski definition) is 0. The second-order valence-corrected chi connectivity index (χ2v) is 39.0. The first kappa shape index (κ1) is 96.5. The number of benzene rings is 6. The Hall–Kier alpha value is -17.6. The molecule has 728 valence electrons. The number of methoxy groups -OCH3 is 1. The van der Waals surface area contributed by atoms with Crippen molar-refractivity contribution in [3.8, 4) is 71.0 Å². The monoisotopic (exact) mass is 1940 g/mol. The van der Waals surface area contributed by atoms with Crippen LogP contribution in [0, 0.1) is 82.4 Å². The fourth-order valence-electron chi connectivity index (χ4n) is 20.8. The van der Waals surface area contributed by atoms with Crippen LogP contribution in [0.5, 0.6) is 0 Å². The number of hydrogen-bond acceptors (Lipinski definition) is 19. The summed E-state index contributed by atoms with van der Waals surface area (Å²) in [6, 6.07) is 68.4. The number of nitrogens with zero attached hydrogens (tertiary/aromatic N) is 18. The minimum atomic E-state index is 0.00350. The molecular weight excluding hydrogens is 1840 g/mol. The van der Waals surface area contributed by atoms with Gasteiger partial charge >= 0.3 is 0 Å². The Labute approximate surface area is 854 Å². The fourth-order valence-corrected chi connectivity index (χ4v) is 20.8. The maximum Gasteiger partial charge on any atom is 0.261 e. The summed E-state index contributed by atoms with van der Waals surface area (Å²) < 4.78 is 16.4. The minimum absolute atomic E-state index is 0.00350. The van der Waals surface area contributed by atoms with Crippen LogP contribution < -0.4 is 33.4 Å². The summed E-state index contributed by atoms with van der Waals surface area (Å²) in [7, 11) is 1.66. The first-order valence-corrected chi connectivity index (χ1v) is 50.8. The van der Waals surface area contributed by atoms with E-state index in [0.29, 0.717) is 68.0 Å². The largest absolute Gasteiger partial charge is 0.383 e. The van der Waals surface area contributed by atoms with Gasteiger partial charge in [0.1, 0.15) is 69.1 Å². The third-order valence-electron chi connectivity index (χ3n) is 28.4. The molecule has 2 bridgehead atoms. The van der Waals surface area contributed by atoms with Gasteiger partial charge < -0.3 is 4.74 Å². The Morgan fingerprint density at radius 3 is 1.12 bits per heavy atom. The molecule has 2 aliphatic carbocycles. The molecular formula is C123H104N18O7. The van der Waals surface area contributed by atoms with E-state index in [1.54, 1.807) is 48.9 Å². The van der Waals surface area contributed by atoms with Crippen molar-refractivity contribution in [2.24, 2.45) is 11.3 Å². The smallest absolute Gasteiger partial charge is 0.261 e. The van der Waals surface area contributed by atoms with Gasteiger partial charge in [-0.15, -0.1) is 0 Å². The SMILES string of the molecule is CC1(C)CCCc2nc3cc(C#Cc4ccccn4)ccc3c(=O)n2C1.CCC1CCCc2nc3cc(C#Cc4ccccn4)ccc3c(=O)n21.COCC1CCc2nc3cc(C#Cc4ccccn4)ccc3c(=O)n21.O=c1c2ccc(C#Cc3ccccn3)cc2nc2n1C1CCC2C1.O=c1c2ccc(C#Cc3ccccn3)cc2nc2n1CCC1CC21.O=c1c2ccc(C#Cc3ccccn3)cc2nc2n1CCCCC2. The number of pyridine rings is 6. The second-order valence-electron chi connectivity index (χ2n) is 39.0. The van der Waals surface area contributed by atoms with Gasteiger partial charge in [0, 0.05) is 147 Å². The van der Waals surface area contributed by atoms with Gasteiger partial charge in [-0.25, -0.2) is 59.8 Å². The zero-order valence-electron chi connectivity index (χ0n) is 82.7. The van der Waals surface area contributed by atoms with Crippen LogP contribution in [-0.2, 0) is 50.1 Å². The third kappa shape index (κ3) is 21.6. The molecule has 8 aliphatic rings. The highest BCUT2D eigenvalue weighted by molar-refractivity contribution is 5.84. The zero-order chi connectivity index (χ0) is 101. The van der Waals surface area contributed by atoms with Crippen LogP contribution in [0.15, 0.2) is 284 Å². The highest BCUT2D eigenvalue weighted by Crippen LogP contribution is 2.52. The Morgan fingerprint density at radius 1 is 0.324 bits per heavy atom. The van der Waals surface area contributed by atoms with Crippen LogP contribution in [-0.4, -0.2) is 101 Å². The topological polar surface area (TPSA) is 296 Å². The molecule has 6 aliphatic heterocycles. The van der Waals surface area contributed by atoms with E-state index in [1.165, 1.54) is 6.42 Å². The summed E-state index contributed by atoms with van der Waals surface area (Å²) in [6.45, 7) is 9.41. The zero-order valence-corrected chi connectivity index (χ0v) is 82.7. The van der Waals surface area contributed by atoms with Crippen LogP contribution in [0.1, 0.15) is 243 Å². The van der Waals surface area contributed by atoms with E-state index in [2.05, 4.69) is 127 Å². The fraction of sp³-hybridized carbons (Fsp3) is 0.268. The van der Waals surface area contributed by atoms with Crippen molar-refractivity contribution in [1.82, 2.24) is 87.2 Å². The predicted molar refractivity (Wildman–Crippen MR) is 574 cm³/mol. The van der Waals surface area contributed by atoms with Gasteiger partial charge in [0.05, 0.1) is 78.1 Å². The van der Waals surface area contributed by atoms with E-state index in [1.807, 2.05) is 241 Å². The van der Waals surface area contributed by atoms with Gasteiger partial charge in [-0.3, -0.25) is 56.2 Å². The van der Waals surface area contributed by atoms with Crippen LogP contribution in [0.4, 0.5) is 0 Å². The lowest BCUT2D eigenvalue weighted by Gasteiger charge is -2.26. The van der Waals surface area contributed by atoms with E-state index in [-0.39, 0.29) is 50.9 Å². The standard InChI is InChI=1S/C22H21N3O.C21H19N3O.C20H17N3O2.2C20H15N3O.C20H17N3O/c1-22(2)12-5-7-20-24-19-14-16(8-10-17-6-3-4-13-23-17)9-11-18(19)21(26)25(20)15-22;1-2-17-7-5-8-20-23-19-14-15(9-11-16-6-3-4-13-22-16)10-12-18(19)21(25)24(17)20;1-25-13-16-8-10-19-22-18-12-14(5-7-15-4-2-3-11-21-15)6-9-17(18)20(24)23(16)19;24-20-17-9-5-13(4-7-15-3-1-2-10-21-15)11-18(17)22-19-14-6-8-16(12-14)23(19)20;24-20-16-7-5-13(4-6-15-3-1-2-9-21-15)11-18(16)22-19-17-12-14(17)8-10-23(19)20;24-20-17-11-9-15(8-10-16-6-3-4-12-21-16)14-18(17)22-19-7-2-1-5-13-23(19)20/h3-4,6,9,11,13-14H,5,7,12,15H2,1-2H3;3-4,6,10,12-14,17H,2,5,7-8H2,1H3;2-4,6,9,11-12,16H,8,10,13H2,1H3;1-3,5,9-11,14,16H,6,8,12H2;1-3,5,7,9,11,14,17H,8,10,12H2;3-4,6,9,11-12,14H,1-2,5,7,13H2. The number of fused-ring (bicyclic) bond motifs is 18. The summed E-state index contributed by atoms with van der Waals surface area (Å²) in [6.07, 6.45) is 28.8. The molecule has 6 unspecified atom stereocenters. The Kier molecular flexibility index (Phi) is 28.4. The summed E-state index contributed by atoms with van der Waals surface area (Å²) in [4.78, 5) is 131. The molecule has 148 heavy (non-hydrogen) atoms. The average Bonchev–Trinajstić information content (AvgIpc) is 1.56. The van der Waals surface area contributed by atoms with Crippen LogP contribution in [0.25, 0.3) is 65.4 Å². The molecule has 25 heteroatoms. The van der Waals surface area contributed by atoms with Crippen molar-refractivity contribution in [3.05, 3.63) is 420 Å². The van der Waals surface area contributed by atoms with Crippen molar-refractivity contribution in [2.45, 2.75) is 186 Å². The molecule has 26 rings (SSSR count). The Morgan fingerprint density at radius 2 is 0.696 bits per heavy atom. The average molecular weight is 1950 g/mol. The van der Waals surface area contributed by atoms with Crippen molar-refractivity contribution in [2.75, 3.05) is 13.7 Å². The number of aryl methyl sites for hydroxylation is 4. The lowest BCUT2D eigenvalue weighted by atomic mass is 9.88. The highest BCUT2D eigenvalue weighted by atomic mass is 16.5. The number of aromatic nitrogens is 18. The molecule has 25 nitrogen and oxygen atoms in total. The van der Waals surface area contributed by atoms with Crippen molar-refractivity contribution < 1.29 is 4.74 Å². The van der Waals surface area contributed by atoms with Crippen LogP contribution in [0.3, 0.4) is 0 Å². The lowest BCUT2D eigenvalue weighted by molar-refractivity contribution is 0.157. The van der Waals surface area contributed by atoms with Gasteiger partial charge in [0.15, 0.2) is 0 Å². The molecule has 0 N–H and O–H groups in total. The minimum Gasteiger partial charge on any atom is -0.383 e. The molecule has 0 radical (unpaired) electrons. The first-order chi connectivity index (χ1) is 72.4. The van der Waals surface area contributed by atoms with E-state index >= 15 is 0 Å². The van der Waals surface area contributed by atoms with E-state index in [4.69, 9.17) is 29.7 Å². The molecule has 0 amide bonds. The number of rotatable bonds is 3. The molecule has 6 aromatic carbocycles. The summed E-state index contributed by atoms with van der Waals surface area (Å²) in [5.41, 5.74) is 14.4. The first-order valence-electron chi connectivity index (χ1n) is 50.8. The normalized spacial score (nSPS) is 17.0. The van der Waals surface area contributed by atoms with Gasteiger partial charge in [-0.05, 0) is 312 Å². The molecule has 0 spiro atoms. The lowest BCUT2D eigenvalue weighted by Crippen LogP contribution is -2.32. The molecule has 2 saturated carbocycles. The maximum atomic E-state index is 13.0. The van der Waals surface area contributed by atoms with Gasteiger partial charge in [0.2, 0.25) is 0 Å². The Balaban J connectivity index is 0.000000104. The van der Waals surface area contributed by atoms with Crippen molar-refractivity contribution in [3.63, 3.8) is 0 Å². The van der Waals surface area contributed by atoms with Gasteiger partial charge in [0.25, 0.3) is 33.4 Å². The maximum absolute atomic E-state index is 13.0. The quantitative estimate of drug-likeness (QED) is 0.148. The van der Waals surface area contributed by atoms with Crippen LogP contribution >= 0.6 is 0 Å². The van der Waals surface area contributed by atoms with E-state index < -0.39 is 0 Å². The highest BCUT2D eigenvalue weighted by Gasteiger charge is 2.45. The Bertz CT molecular complexity index is 8960. The predicted octanol–water partition coefficient (Wildman–Crippen LogP) is 18.0. The molecule has 2 fully saturated rings. The molecule has 18 heterocycles. The molecule has 0 saturated heterocycles. The third-order valence-corrected chi connectivity index (χ3v) is 28.4. The summed E-state index contributed by atoms with van der Waals surface area (Å²) >= 11 is 0. The van der Waals surface area contributed by atoms with Crippen LogP contribution in [0.2, 0.25) is 0 Å². The summed E-state index contributed by atoms with van der Waals surface area (Å²) in [5.74, 6) is 44.1. The summed E-state index contributed by atoms with van der Waals surface area (Å²) in [5, 5.41) is 4.00. The van der Waals surface area contributed by atoms with Crippen molar-refractivity contribution >= 4 is 65.4 Å². The molecule has 6 atom stereocenters. The van der Waals surface area contributed by atoms with E-state index in [9.17, 15) is 28.8 Å². The second kappa shape index (κ2) is 43.5. The number of ether oxygens (including phenoxy) is 1. The molecule has 18 aromatic rings. The van der Waals surface area contributed by atoms with E-state index in [0.717, 1.165) is 259 Å². The van der Waals surface area contributed by atoms with Crippen molar-refractivity contribution in [1.29, 1.82) is 0 Å². The molecule has 12 aromatic heterocycles. The van der Waals surface area contributed by atoms with Gasteiger partial charge in [-0.2, -0.15) is 0 Å².